The maximum atomic E-state index is 10.4. The van der Waals surface area contributed by atoms with Gasteiger partial charge >= 0.3 is 0 Å². The molecule has 1 rings (SSSR count). The van der Waals surface area contributed by atoms with Crippen LogP contribution in [0.1, 0.15) is 19.4 Å². The average Bonchev–Trinajstić information content (AvgIpc) is 2.07. The molecule has 0 bridgehead atoms. The topological polar surface area (TPSA) is 52.4 Å². The van der Waals surface area contributed by atoms with Gasteiger partial charge in [0.05, 0.1) is 11.0 Å². The van der Waals surface area contributed by atoms with Crippen LogP contribution in [0.3, 0.4) is 0 Å². The van der Waals surface area contributed by atoms with Gasteiger partial charge in [-0.15, -0.1) is 0 Å². The summed E-state index contributed by atoms with van der Waals surface area (Å²) in [5, 5.41) is 10.4. The van der Waals surface area contributed by atoms with Crippen LogP contribution < -0.4 is 4.74 Å². The second-order valence-electron chi connectivity index (χ2n) is 3.22. The Kier molecular flexibility index (Phi) is 3.06. The first-order valence-corrected chi connectivity index (χ1v) is 4.27. The predicted octanol–water partition coefficient (Wildman–Crippen LogP) is 2.56. The second-order valence-corrected chi connectivity index (χ2v) is 3.22. The quantitative estimate of drug-likeness (QED) is 0.548. The summed E-state index contributed by atoms with van der Waals surface area (Å²) in [5.41, 5.74) is 0.569. The van der Waals surface area contributed by atoms with Crippen molar-refractivity contribution in [1.82, 2.24) is 0 Å². The lowest BCUT2D eigenvalue weighted by atomic mass is 10.2. The van der Waals surface area contributed by atoms with E-state index in [1.54, 1.807) is 6.07 Å². The van der Waals surface area contributed by atoms with Crippen molar-refractivity contribution in [3.05, 3.63) is 40.8 Å². The Morgan fingerprint density at radius 3 is 2.57 bits per heavy atom. The molecular formula is C10H12NO3. The van der Waals surface area contributed by atoms with Crippen molar-refractivity contribution in [3.8, 4) is 5.75 Å². The zero-order valence-corrected chi connectivity index (χ0v) is 8.19. The molecule has 1 aromatic carbocycles. The van der Waals surface area contributed by atoms with E-state index in [1.165, 1.54) is 12.1 Å². The Labute approximate surface area is 82.7 Å². The summed E-state index contributed by atoms with van der Waals surface area (Å²) >= 11 is 0. The van der Waals surface area contributed by atoms with Crippen LogP contribution in [-0.4, -0.2) is 11.0 Å². The minimum Gasteiger partial charge on any atom is -0.491 e. The van der Waals surface area contributed by atoms with E-state index >= 15 is 0 Å². The van der Waals surface area contributed by atoms with E-state index in [0.717, 1.165) is 0 Å². The van der Waals surface area contributed by atoms with Crippen LogP contribution in [0.5, 0.6) is 5.75 Å². The Hall–Kier alpha value is -1.58. The second kappa shape index (κ2) is 4.09. The molecule has 0 heterocycles. The van der Waals surface area contributed by atoms with Gasteiger partial charge < -0.3 is 4.74 Å². The van der Waals surface area contributed by atoms with Crippen LogP contribution in [0.15, 0.2) is 18.2 Å². The van der Waals surface area contributed by atoms with Gasteiger partial charge in [0.15, 0.2) is 0 Å². The first kappa shape index (κ1) is 10.5. The molecule has 4 nitrogen and oxygen atoms in total. The fourth-order valence-electron chi connectivity index (χ4n) is 1.05. The predicted molar refractivity (Wildman–Crippen MR) is 53.3 cm³/mol. The largest absolute Gasteiger partial charge is 0.491 e. The average molecular weight is 194 g/mol. The summed E-state index contributed by atoms with van der Waals surface area (Å²) in [4.78, 5) is 9.97. The molecule has 0 aromatic heterocycles. The van der Waals surface area contributed by atoms with E-state index < -0.39 is 4.92 Å². The van der Waals surface area contributed by atoms with Gasteiger partial charge in [0.2, 0.25) is 0 Å². The molecule has 0 N–H and O–H groups in total. The lowest BCUT2D eigenvalue weighted by molar-refractivity contribution is -0.384. The van der Waals surface area contributed by atoms with Gasteiger partial charge in [-0.2, -0.15) is 0 Å². The van der Waals surface area contributed by atoms with Crippen molar-refractivity contribution >= 4 is 5.69 Å². The highest BCUT2D eigenvalue weighted by atomic mass is 16.6. The first-order valence-electron chi connectivity index (χ1n) is 4.27. The zero-order chi connectivity index (χ0) is 10.7. The molecule has 0 saturated heterocycles. The third kappa shape index (κ3) is 2.45. The molecule has 75 valence electrons. The van der Waals surface area contributed by atoms with Gasteiger partial charge in [-0.25, -0.2) is 0 Å². The van der Waals surface area contributed by atoms with E-state index in [-0.39, 0.29) is 11.8 Å². The molecule has 0 aliphatic rings. The van der Waals surface area contributed by atoms with E-state index in [1.807, 2.05) is 13.8 Å². The molecule has 1 radical (unpaired) electrons. The minimum atomic E-state index is -0.451. The maximum absolute atomic E-state index is 10.4. The Bertz CT molecular complexity index is 347. The van der Waals surface area contributed by atoms with Crippen LogP contribution in [-0.2, 0) is 0 Å². The molecule has 14 heavy (non-hydrogen) atoms. The number of rotatable bonds is 3. The molecule has 4 heteroatoms. The van der Waals surface area contributed by atoms with Crippen molar-refractivity contribution in [1.29, 1.82) is 0 Å². The number of ether oxygens (including phenoxy) is 1. The lowest BCUT2D eigenvalue weighted by Crippen LogP contribution is -2.06. The molecule has 0 atom stereocenters. The van der Waals surface area contributed by atoms with Gasteiger partial charge in [0.1, 0.15) is 5.75 Å². The first-order chi connectivity index (χ1) is 6.50. The van der Waals surface area contributed by atoms with Crippen molar-refractivity contribution in [2.45, 2.75) is 20.0 Å². The Morgan fingerprint density at radius 2 is 2.14 bits per heavy atom. The summed E-state index contributed by atoms with van der Waals surface area (Å²) in [6, 6.07) is 4.38. The maximum Gasteiger partial charge on any atom is 0.269 e. The number of non-ortho nitro benzene ring substituents is 1. The fraction of sp³-hybridized carbons (Fsp3) is 0.300. The van der Waals surface area contributed by atoms with Crippen LogP contribution in [0.25, 0.3) is 0 Å². The Balaban J connectivity index is 2.95. The molecular weight excluding hydrogens is 182 g/mol. The monoisotopic (exact) mass is 194 g/mol. The molecule has 0 aliphatic heterocycles. The van der Waals surface area contributed by atoms with Gasteiger partial charge in [0, 0.05) is 17.7 Å². The standard InChI is InChI=1S/C10H12NO3/c1-7(2)14-10-5-4-9(11(12)13)6-8(10)3/h4-7H,3H2,1-2H3. The molecule has 0 fully saturated rings. The summed E-state index contributed by atoms with van der Waals surface area (Å²) in [6.07, 6.45) is 0.0388. The van der Waals surface area contributed by atoms with Crippen molar-refractivity contribution in [2.24, 2.45) is 0 Å². The minimum absolute atomic E-state index is 0.0334. The number of nitro benzene ring substituents is 1. The Morgan fingerprint density at radius 1 is 1.50 bits per heavy atom. The van der Waals surface area contributed by atoms with E-state index in [0.29, 0.717) is 11.3 Å². The number of hydrogen-bond donors (Lipinski definition) is 0. The highest BCUT2D eigenvalue weighted by Crippen LogP contribution is 2.23. The molecule has 1 aromatic rings. The van der Waals surface area contributed by atoms with Crippen molar-refractivity contribution < 1.29 is 9.66 Å². The summed E-state index contributed by atoms with van der Waals surface area (Å²) in [7, 11) is 0. The van der Waals surface area contributed by atoms with Gasteiger partial charge in [0.25, 0.3) is 5.69 Å². The third-order valence-corrected chi connectivity index (χ3v) is 1.62. The van der Waals surface area contributed by atoms with Crippen LogP contribution in [0.4, 0.5) is 5.69 Å². The van der Waals surface area contributed by atoms with Crippen molar-refractivity contribution in [2.75, 3.05) is 0 Å². The molecule has 0 amide bonds. The van der Waals surface area contributed by atoms with E-state index in [9.17, 15) is 10.1 Å². The van der Waals surface area contributed by atoms with Crippen LogP contribution in [0, 0.1) is 17.0 Å². The zero-order valence-electron chi connectivity index (χ0n) is 8.19. The van der Waals surface area contributed by atoms with Crippen LogP contribution >= 0.6 is 0 Å². The lowest BCUT2D eigenvalue weighted by Gasteiger charge is -2.11. The fourth-order valence-corrected chi connectivity index (χ4v) is 1.05. The van der Waals surface area contributed by atoms with Crippen molar-refractivity contribution in [3.63, 3.8) is 0 Å². The molecule has 0 saturated carbocycles. The molecule has 0 unspecified atom stereocenters. The summed E-state index contributed by atoms with van der Waals surface area (Å²) in [5.74, 6) is 0.589. The highest BCUT2D eigenvalue weighted by Gasteiger charge is 2.09. The van der Waals surface area contributed by atoms with Gasteiger partial charge in [-0.3, -0.25) is 10.1 Å². The SMILES string of the molecule is [CH2]c1cc([N+](=O)[O-])ccc1OC(C)C. The number of hydrogen-bond acceptors (Lipinski definition) is 3. The van der Waals surface area contributed by atoms with Gasteiger partial charge in [-0.05, 0) is 26.8 Å². The number of benzene rings is 1. The van der Waals surface area contributed by atoms with Gasteiger partial charge in [-0.1, -0.05) is 0 Å². The number of nitro groups is 1. The normalized spacial score (nSPS) is 10.3. The molecule has 0 aliphatic carbocycles. The highest BCUT2D eigenvalue weighted by molar-refractivity contribution is 5.45. The van der Waals surface area contributed by atoms with E-state index in [2.05, 4.69) is 6.92 Å². The third-order valence-electron chi connectivity index (χ3n) is 1.62. The molecule has 0 spiro atoms. The smallest absolute Gasteiger partial charge is 0.269 e. The summed E-state index contributed by atoms with van der Waals surface area (Å²) < 4.78 is 5.39. The van der Waals surface area contributed by atoms with Crippen LogP contribution in [0.2, 0.25) is 0 Å². The van der Waals surface area contributed by atoms with E-state index in [4.69, 9.17) is 4.74 Å². The summed E-state index contributed by atoms with van der Waals surface area (Å²) in [6.45, 7) is 7.47. The number of nitrogens with zero attached hydrogens (tertiary/aromatic N) is 1.